The summed E-state index contributed by atoms with van der Waals surface area (Å²) in [4.78, 5) is 2.22. The van der Waals surface area contributed by atoms with Gasteiger partial charge in [0.1, 0.15) is 0 Å². The highest BCUT2D eigenvalue weighted by molar-refractivity contribution is 7.71. The summed E-state index contributed by atoms with van der Waals surface area (Å²) in [6.07, 6.45) is 1.03. The Morgan fingerprint density at radius 3 is 2.71 bits per heavy atom. The molecule has 0 saturated carbocycles. The lowest BCUT2D eigenvalue weighted by molar-refractivity contribution is 0.202. The summed E-state index contributed by atoms with van der Waals surface area (Å²) in [7, 11) is 1.71. The van der Waals surface area contributed by atoms with Crippen molar-refractivity contribution in [3.05, 3.63) is 35.1 Å². The van der Waals surface area contributed by atoms with E-state index >= 15 is 0 Å². The smallest absolute Gasteiger partial charge is 0.230 e. The maximum atomic E-state index is 5.40. The van der Waals surface area contributed by atoms with Crippen molar-refractivity contribution in [3.63, 3.8) is 0 Å². The fraction of sp³-hybridized carbons (Fsp3) is 0.467. The highest BCUT2D eigenvalue weighted by Crippen LogP contribution is 2.21. The van der Waals surface area contributed by atoms with Gasteiger partial charge in [-0.3, -0.25) is 4.57 Å². The van der Waals surface area contributed by atoms with Gasteiger partial charge in [0, 0.05) is 19.7 Å². The third kappa shape index (κ3) is 3.51. The third-order valence-electron chi connectivity index (χ3n) is 3.59. The van der Waals surface area contributed by atoms with E-state index in [9.17, 15) is 0 Å². The number of aromatic amines is 1. The lowest BCUT2D eigenvalue weighted by Gasteiger charge is -2.29. The molecule has 5 nitrogen and oxygen atoms in total. The van der Waals surface area contributed by atoms with Crippen LogP contribution in [0.15, 0.2) is 30.3 Å². The molecule has 0 aliphatic heterocycles. The van der Waals surface area contributed by atoms with Crippen molar-refractivity contribution in [1.82, 2.24) is 14.8 Å². The summed E-state index contributed by atoms with van der Waals surface area (Å²) < 4.78 is 7.79. The van der Waals surface area contributed by atoms with Crippen molar-refractivity contribution in [3.8, 4) is 5.69 Å². The SMILES string of the molecule is CCC(C)N(CCOC)c1n[nH]c(=S)n1-c1ccccc1. The van der Waals surface area contributed by atoms with Crippen LogP contribution in [0.1, 0.15) is 20.3 Å². The molecule has 1 atom stereocenters. The van der Waals surface area contributed by atoms with E-state index in [1.54, 1.807) is 7.11 Å². The number of nitrogens with zero attached hydrogens (tertiary/aromatic N) is 3. The first-order chi connectivity index (χ1) is 10.2. The number of aromatic nitrogens is 3. The summed E-state index contributed by atoms with van der Waals surface area (Å²) in [5.41, 5.74) is 1.01. The zero-order valence-electron chi connectivity index (χ0n) is 12.7. The monoisotopic (exact) mass is 306 g/mol. The maximum absolute atomic E-state index is 5.40. The first-order valence-electron chi connectivity index (χ1n) is 7.17. The minimum atomic E-state index is 0.354. The van der Waals surface area contributed by atoms with E-state index in [0.717, 1.165) is 24.6 Å². The molecule has 1 aromatic heterocycles. The largest absolute Gasteiger partial charge is 0.383 e. The Balaban J connectivity index is 2.44. The lowest BCUT2D eigenvalue weighted by Crippen LogP contribution is -2.37. The van der Waals surface area contributed by atoms with Gasteiger partial charge >= 0.3 is 0 Å². The van der Waals surface area contributed by atoms with Gasteiger partial charge in [-0.05, 0) is 37.7 Å². The minimum absolute atomic E-state index is 0.354. The van der Waals surface area contributed by atoms with Crippen LogP contribution in [0.25, 0.3) is 5.69 Å². The van der Waals surface area contributed by atoms with Gasteiger partial charge in [0.05, 0.1) is 12.3 Å². The van der Waals surface area contributed by atoms with Crippen molar-refractivity contribution < 1.29 is 4.74 Å². The minimum Gasteiger partial charge on any atom is -0.383 e. The van der Waals surface area contributed by atoms with E-state index in [1.165, 1.54) is 0 Å². The molecule has 1 N–H and O–H groups in total. The Kier molecular flexibility index (Phi) is 5.52. The van der Waals surface area contributed by atoms with Crippen LogP contribution in [0, 0.1) is 4.77 Å². The Labute approximate surface area is 130 Å². The summed E-state index contributed by atoms with van der Waals surface area (Å²) >= 11 is 5.40. The van der Waals surface area contributed by atoms with Gasteiger partial charge < -0.3 is 9.64 Å². The molecule has 0 bridgehead atoms. The maximum Gasteiger partial charge on any atom is 0.230 e. The van der Waals surface area contributed by atoms with Crippen molar-refractivity contribution >= 4 is 18.2 Å². The van der Waals surface area contributed by atoms with Crippen LogP contribution in [0.4, 0.5) is 5.95 Å². The van der Waals surface area contributed by atoms with Crippen molar-refractivity contribution in [2.45, 2.75) is 26.3 Å². The van der Waals surface area contributed by atoms with Gasteiger partial charge in [-0.2, -0.15) is 0 Å². The summed E-state index contributed by atoms with van der Waals surface area (Å²) in [5.74, 6) is 0.831. The molecule has 0 spiro atoms. The summed E-state index contributed by atoms with van der Waals surface area (Å²) in [6.45, 7) is 5.78. The molecule has 6 heteroatoms. The third-order valence-corrected chi connectivity index (χ3v) is 3.86. The second-order valence-corrected chi connectivity index (χ2v) is 5.33. The molecule has 1 aromatic carbocycles. The standard InChI is InChI=1S/C15H22N4OS/c1-4-12(2)18(10-11-20-3)14-16-17-15(21)19(14)13-8-6-5-7-9-13/h5-9,12H,4,10-11H2,1-3H3,(H,17,21). The van der Waals surface area contributed by atoms with Crippen molar-refractivity contribution in [2.75, 3.05) is 25.2 Å². The zero-order chi connectivity index (χ0) is 15.2. The van der Waals surface area contributed by atoms with Gasteiger partial charge in [0.15, 0.2) is 0 Å². The molecule has 0 radical (unpaired) electrons. The number of hydrogen-bond acceptors (Lipinski definition) is 4. The predicted octanol–water partition coefficient (Wildman–Crippen LogP) is 3.18. The molecule has 2 rings (SSSR count). The molecule has 0 aliphatic carbocycles. The normalized spacial score (nSPS) is 12.3. The average molecular weight is 306 g/mol. The fourth-order valence-electron chi connectivity index (χ4n) is 2.22. The highest BCUT2D eigenvalue weighted by Gasteiger charge is 2.19. The molecule has 2 aromatic rings. The van der Waals surface area contributed by atoms with Crippen molar-refractivity contribution in [1.29, 1.82) is 0 Å². The molecule has 1 unspecified atom stereocenters. The fourth-order valence-corrected chi connectivity index (χ4v) is 2.45. The van der Waals surface area contributed by atoms with E-state index in [2.05, 4.69) is 28.9 Å². The van der Waals surface area contributed by atoms with Gasteiger partial charge in [0.2, 0.25) is 10.7 Å². The quantitative estimate of drug-likeness (QED) is 0.798. The van der Waals surface area contributed by atoms with E-state index in [1.807, 2.05) is 34.9 Å². The number of nitrogens with one attached hydrogen (secondary N) is 1. The zero-order valence-corrected chi connectivity index (χ0v) is 13.6. The molecular weight excluding hydrogens is 284 g/mol. The van der Waals surface area contributed by atoms with Crippen LogP contribution >= 0.6 is 12.2 Å². The van der Waals surface area contributed by atoms with E-state index in [4.69, 9.17) is 17.0 Å². The van der Waals surface area contributed by atoms with Crippen LogP contribution < -0.4 is 4.90 Å². The second-order valence-electron chi connectivity index (χ2n) is 4.94. The number of methoxy groups -OCH3 is 1. The lowest BCUT2D eigenvalue weighted by atomic mass is 10.2. The summed E-state index contributed by atoms with van der Waals surface area (Å²) in [6, 6.07) is 10.4. The molecule has 21 heavy (non-hydrogen) atoms. The highest BCUT2D eigenvalue weighted by atomic mass is 32.1. The van der Waals surface area contributed by atoms with E-state index in [0.29, 0.717) is 17.4 Å². The molecule has 114 valence electrons. The van der Waals surface area contributed by atoms with E-state index < -0.39 is 0 Å². The molecule has 0 saturated heterocycles. The first kappa shape index (κ1) is 15.7. The van der Waals surface area contributed by atoms with Gasteiger partial charge in [0.25, 0.3) is 0 Å². The Morgan fingerprint density at radius 2 is 2.10 bits per heavy atom. The first-order valence-corrected chi connectivity index (χ1v) is 7.58. The number of anilines is 1. The van der Waals surface area contributed by atoms with Crippen LogP contribution in [-0.4, -0.2) is 41.1 Å². The Bertz CT molecular complexity index is 608. The number of ether oxygens (including phenoxy) is 1. The predicted molar refractivity (Wildman–Crippen MR) is 87.7 cm³/mol. The number of hydrogen-bond donors (Lipinski definition) is 1. The number of H-pyrrole nitrogens is 1. The van der Waals surface area contributed by atoms with Crippen LogP contribution in [0.5, 0.6) is 0 Å². The molecular formula is C15H22N4OS. The number of benzene rings is 1. The van der Waals surface area contributed by atoms with Crippen LogP contribution in [-0.2, 0) is 4.74 Å². The van der Waals surface area contributed by atoms with Crippen LogP contribution in [0.3, 0.4) is 0 Å². The summed E-state index contributed by atoms with van der Waals surface area (Å²) in [5, 5.41) is 7.34. The Morgan fingerprint density at radius 1 is 1.38 bits per heavy atom. The van der Waals surface area contributed by atoms with Gasteiger partial charge in [-0.25, -0.2) is 5.10 Å². The molecule has 0 amide bonds. The Hall–Kier alpha value is -1.66. The molecule has 0 aliphatic rings. The number of para-hydroxylation sites is 1. The van der Waals surface area contributed by atoms with E-state index in [-0.39, 0.29) is 0 Å². The van der Waals surface area contributed by atoms with Gasteiger partial charge in [-0.15, -0.1) is 5.10 Å². The molecule has 1 heterocycles. The average Bonchev–Trinajstić information content (AvgIpc) is 2.90. The van der Waals surface area contributed by atoms with Crippen LogP contribution in [0.2, 0.25) is 0 Å². The van der Waals surface area contributed by atoms with Gasteiger partial charge in [-0.1, -0.05) is 25.1 Å². The number of rotatable bonds is 7. The molecule has 0 fully saturated rings. The topological polar surface area (TPSA) is 46.1 Å². The van der Waals surface area contributed by atoms with Crippen molar-refractivity contribution in [2.24, 2.45) is 0 Å². The second kappa shape index (κ2) is 7.38.